The van der Waals surface area contributed by atoms with Crippen LogP contribution in [0.1, 0.15) is 11.3 Å². The second kappa shape index (κ2) is 6.33. The Morgan fingerprint density at radius 3 is 2.84 bits per heavy atom. The van der Waals surface area contributed by atoms with Crippen LogP contribution in [0.15, 0.2) is 47.1 Å². The third-order valence-corrected chi connectivity index (χ3v) is 3.07. The van der Waals surface area contributed by atoms with E-state index in [-0.39, 0.29) is 5.84 Å². The second-order valence-electron chi connectivity index (χ2n) is 3.97. The average molecular weight is 320 g/mol. The summed E-state index contributed by atoms with van der Waals surface area (Å²) < 4.78 is 6.55. The van der Waals surface area contributed by atoms with Gasteiger partial charge in [0.2, 0.25) is 0 Å². The molecule has 1 heterocycles. The first-order valence-electron chi connectivity index (χ1n) is 5.83. The number of benzene rings is 1. The van der Waals surface area contributed by atoms with Crippen molar-refractivity contribution < 1.29 is 4.74 Å². The SMILES string of the molecule is N=C(N)c1cc(Br)ccc1OCCc1ccccn1. The zero-order valence-electron chi connectivity index (χ0n) is 10.3. The van der Waals surface area contributed by atoms with Gasteiger partial charge in [-0.15, -0.1) is 0 Å². The molecule has 0 aliphatic heterocycles. The van der Waals surface area contributed by atoms with Gasteiger partial charge < -0.3 is 10.5 Å². The van der Waals surface area contributed by atoms with Crippen LogP contribution in [0.4, 0.5) is 0 Å². The van der Waals surface area contributed by atoms with E-state index < -0.39 is 0 Å². The van der Waals surface area contributed by atoms with Crippen LogP contribution in [0.2, 0.25) is 0 Å². The summed E-state index contributed by atoms with van der Waals surface area (Å²) in [4.78, 5) is 4.23. The number of aromatic nitrogens is 1. The topological polar surface area (TPSA) is 72.0 Å². The van der Waals surface area contributed by atoms with Crippen LogP contribution in [-0.4, -0.2) is 17.4 Å². The van der Waals surface area contributed by atoms with E-state index in [1.165, 1.54) is 0 Å². The Bertz CT molecular complexity index is 572. The van der Waals surface area contributed by atoms with E-state index in [0.717, 1.165) is 10.2 Å². The van der Waals surface area contributed by atoms with E-state index >= 15 is 0 Å². The van der Waals surface area contributed by atoms with Gasteiger partial charge in [0, 0.05) is 22.8 Å². The maximum Gasteiger partial charge on any atom is 0.130 e. The molecule has 0 aliphatic rings. The number of nitrogen functional groups attached to an aromatic ring is 1. The molecule has 0 radical (unpaired) electrons. The molecule has 0 aliphatic carbocycles. The number of nitrogens with two attached hydrogens (primary N) is 1. The van der Waals surface area contributed by atoms with Crippen molar-refractivity contribution in [2.45, 2.75) is 6.42 Å². The molecule has 0 atom stereocenters. The van der Waals surface area contributed by atoms with Gasteiger partial charge in [0.25, 0.3) is 0 Å². The molecule has 1 aromatic carbocycles. The number of nitrogens with zero attached hydrogens (tertiary/aromatic N) is 1. The van der Waals surface area contributed by atoms with Crippen LogP contribution >= 0.6 is 15.9 Å². The fraction of sp³-hybridized carbons (Fsp3) is 0.143. The van der Waals surface area contributed by atoms with E-state index in [1.807, 2.05) is 24.3 Å². The molecule has 19 heavy (non-hydrogen) atoms. The number of rotatable bonds is 5. The molecule has 5 heteroatoms. The maximum absolute atomic E-state index is 7.54. The van der Waals surface area contributed by atoms with Crippen molar-refractivity contribution in [2.24, 2.45) is 5.73 Å². The van der Waals surface area contributed by atoms with Crippen LogP contribution in [0.5, 0.6) is 5.75 Å². The lowest BCUT2D eigenvalue weighted by atomic mass is 10.2. The van der Waals surface area contributed by atoms with Crippen molar-refractivity contribution in [3.05, 3.63) is 58.3 Å². The van der Waals surface area contributed by atoms with Crippen molar-refractivity contribution in [1.82, 2.24) is 4.98 Å². The Labute approximate surface area is 120 Å². The molecule has 0 saturated carbocycles. The molecule has 0 saturated heterocycles. The lowest BCUT2D eigenvalue weighted by molar-refractivity contribution is 0.320. The Balaban J connectivity index is 2.02. The Hall–Kier alpha value is -1.88. The molecular formula is C14H14BrN3O. The lowest BCUT2D eigenvalue weighted by Gasteiger charge is -2.10. The van der Waals surface area contributed by atoms with Gasteiger partial charge in [-0.1, -0.05) is 22.0 Å². The molecule has 0 unspecified atom stereocenters. The van der Waals surface area contributed by atoms with Crippen molar-refractivity contribution in [1.29, 1.82) is 5.41 Å². The molecular weight excluding hydrogens is 306 g/mol. The van der Waals surface area contributed by atoms with E-state index in [2.05, 4.69) is 20.9 Å². The van der Waals surface area contributed by atoms with Crippen molar-refractivity contribution >= 4 is 21.8 Å². The quantitative estimate of drug-likeness (QED) is 0.657. The molecule has 98 valence electrons. The lowest BCUT2D eigenvalue weighted by Crippen LogP contribution is -2.14. The smallest absolute Gasteiger partial charge is 0.130 e. The minimum Gasteiger partial charge on any atom is -0.492 e. The largest absolute Gasteiger partial charge is 0.492 e. The van der Waals surface area contributed by atoms with Crippen LogP contribution in [0, 0.1) is 5.41 Å². The summed E-state index contributed by atoms with van der Waals surface area (Å²) in [5.74, 6) is 0.612. The predicted octanol–water partition coefficient (Wildman–Crippen LogP) is 2.75. The molecule has 2 aromatic rings. The number of pyridine rings is 1. The van der Waals surface area contributed by atoms with Gasteiger partial charge in [-0.05, 0) is 30.3 Å². The third kappa shape index (κ3) is 3.79. The monoisotopic (exact) mass is 319 g/mol. The van der Waals surface area contributed by atoms with Gasteiger partial charge in [-0.3, -0.25) is 10.4 Å². The van der Waals surface area contributed by atoms with Crippen molar-refractivity contribution in [3.63, 3.8) is 0 Å². The molecule has 4 nitrogen and oxygen atoms in total. The summed E-state index contributed by atoms with van der Waals surface area (Å²) in [6.45, 7) is 0.499. The van der Waals surface area contributed by atoms with Crippen LogP contribution in [0.3, 0.4) is 0 Å². The maximum atomic E-state index is 7.54. The number of nitrogens with one attached hydrogen (secondary N) is 1. The van der Waals surface area contributed by atoms with Gasteiger partial charge in [-0.2, -0.15) is 0 Å². The highest BCUT2D eigenvalue weighted by Gasteiger charge is 2.07. The average Bonchev–Trinajstić information content (AvgIpc) is 2.41. The second-order valence-corrected chi connectivity index (χ2v) is 4.89. The van der Waals surface area contributed by atoms with Gasteiger partial charge in [0.1, 0.15) is 11.6 Å². The standard InChI is InChI=1S/C14H14BrN3O/c15-10-4-5-13(12(9-10)14(16)17)19-8-6-11-3-1-2-7-18-11/h1-5,7,9H,6,8H2,(H3,16,17). The Morgan fingerprint density at radius 2 is 2.16 bits per heavy atom. The summed E-state index contributed by atoms with van der Waals surface area (Å²) in [6.07, 6.45) is 2.48. The van der Waals surface area contributed by atoms with E-state index in [9.17, 15) is 0 Å². The molecule has 3 N–H and O–H groups in total. The molecule has 0 fully saturated rings. The van der Waals surface area contributed by atoms with Gasteiger partial charge in [0.05, 0.1) is 12.2 Å². The summed E-state index contributed by atoms with van der Waals surface area (Å²) in [5, 5.41) is 7.54. The number of amidine groups is 1. The van der Waals surface area contributed by atoms with E-state index in [1.54, 1.807) is 18.3 Å². The predicted molar refractivity (Wildman–Crippen MR) is 78.6 cm³/mol. The number of hydrogen-bond acceptors (Lipinski definition) is 3. The van der Waals surface area contributed by atoms with Gasteiger partial charge in [-0.25, -0.2) is 0 Å². The number of halogens is 1. The highest BCUT2D eigenvalue weighted by molar-refractivity contribution is 9.10. The Kier molecular flexibility index (Phi) is 4.52. The first-order chi connectivity index (χ1) is 9.16. The summed E-state index contributed by atoms with van der Waals surface area (Å²) in [6, 6.07) is 11.2. The van der Waals surface area contributed by atoms with Gasteiger partial charge in [0.15, 0.2) is 0 Å². The summed E-state index contributed by atoms with van der Waals surface area (Å²) >= 11 is 3.35. The normalized spacial score (nSPS) is 10.2. The first kappa shape index (κ1) is 13.5. The zero-order chi connectivity index (χ0) is 13.7. The first-order valence-corrected chi connectivity index (χ1v) is 6.63. The number of hydrogen-bond donors (Lipinski definition) is 2. The zero-order valence-corrected chi connectivity index (χ0v) is 11.9. The van der Waals surface area contributed by atoms with Crippen molar-refractivity contribution in [2.75, 3.05) is 6.61 Å². The van der Waals surface area contributed by atoms with Crippen molar-refractivity contribution in [3.8, 4) is 5.75 Å². The van der Waals surface area contributed by atoms with Gasteiger partial charge >= 0.3 is 0 Å². The molecule has 1 aromatic heterocycles. The number of ether oxygens (including phenoxy) is 1. The third-order valence-electron chi connectivity index (χ3n) is 2.57. The molecule has 0 amide bonds. The molecule has 0 spiro atoms. The van der Waals surface area contributed by atoms with E-state index in [4.69, 9.17) is 15.9 Å². The minimum atomic E-state index is -0.00543. The van der Waals surface area contributed by atoms with Crippen LogP contribution in [-0.2, 0) is 6.42 Å². The Morgan fingerprint density at radius 1 is 1.32 bits per heavy atom. The molecule has 2 rings (SSSR count). The fourth-order valence-corrected chi connectivity index (χ4v) is 2.01. The summed E-state index contributed by atoms with van der Waals surface area (Å²) in [5.41, 5.74) is 7.11. The minimum absolute atomic E-state index is 0.00543. The van der Waals surface area contributed by atoms with Crippen LogP contribution in [0.25, 0.3) is 0 Å². The van der Waals surface area contributed by atoms with Crippen LogP contribution < -0.4 is 10.5 Å². The fourth-order valence-electron chi connectivity index (χ4n) is 1.65. The highest BCUT2D eigenvalue weighted by atomic mass is 79.9. The van der Waals surface area contributed by atoms with E-state index in [0.29, 0.717) is 24.3 Å². The summed E-state index contributed by atoms with van der Waals surface area (Å²) in [7, 11) is 0. The highest BCUT2D eigenvalue weighted by Crippen LogP contribution is 2.22. The molecule has 0 bridgehead atoms.